The van der Waals surface area contributed by atoms with E-state index in [0.717, 1.165) is 22.9 Å². The van der Waals surface area contributed by atoms with Gasteiger partial charge >= 0.3 is 0 Å². The van der Waals surface area contributed by atoms with Crippen LogP contribution in [0.3, 0.4) is 0 Å². The van der Waals surface area contributed by atoms with Crippen LogP contribution in [0.15, 0.2) is 35.5 Å². The highest BCUT2D eigenvalue weighted by atomic mass is 16.7. The minimum Gasteiger partial charge on any atom is -0.379 e. The summed E-state index contributed by atoms with van der Waals surface area (Å²) in [5.74, 6) is 1.39. The zero-order chi connectivity index (χ0) is 17.2. The van der Waals surface area contributed by atoms with E-state index in [9.17, 15) is 4.79 Å². The Bertz CT molecular complexity index is 769. The third-order valence-electron chi connectivity index (χ3n) is 4.02. The molecule has 0 fully saturated rings. The number of hydrogen-bond acceptors (Lipinski definition) is 5. The van der Waals surface area contributed by atoms with Crippen LogP contribution in [-0.2, 0) is 16.2 Å². The Labute approximate surface area is 140 Å². The predicted molar refractivity (Wildman–Crippen MR) is 89.6 cm³/mol. The number of amides is 1. The number of rotatable bonds is 5. The Morgan fingerprint density at radius 3 is 2.75 bits per heavy atom. The number of carbonyl (C=O) groups is 1. The Kier molecular flexibility index (Phi) is 4.33. The molecular weight excluding hydrogens is 306 g/mol. The van der Waals surface area contributed by atoms with Gasteiger partial charge in [-0.05, 0) is 26.3 Å². The average Bonchev–Trinajstić information content (AvgIpc) is 3.12. The smallest absolute Gasteiger partial charge is 0.267 e. The SMILES string of the molecule is Cc1nc(C)n(CCNC(=O)[C@@]2(C)CC(c3ccccc3)=NO2)n1. The molecule has 0 saturated heterocycles. The van der Waals surface area contributed by atoms with Gasteiger partial charge < -0.3 is 10.2 Å². The van der Waals surface area contributed by atoms with Crippen molar-refractivity contribution in [2.45, 2.75) is 39.3 Å². The molecule has 2 aromatic rings. The van der Waals surface area contributed by atoms with Crippen LogP contribution < -0.4 is 5.32 Å². The van der Waals surface area contributed by atoms with Gasteiger partial charge in [0.15, 0.2) is 0 Å². The normalized spacial score (nSPS) is 19.7. The van der Waals surface area contributed by atoms with Gasteiger partial charge in [-0.3, -0.25) is 4.79 Å². The number of aryl methyl sites for hydroxylation is 2. The average molecular weight is 327 g/mol. The van der Waals surface area contributed by atoms with Gasteiger partial charge in [-0.1, -0.05) is 35.5 Å². The van der Waals surface area contributed by atoms with Crippen molar-refractivity contribution in [1.29, 1.82) is 0 Å². The first-order chi connectivity index (χ1) is 11.5. The van der Waals surface area contributed by atoms with Crippen LogP contribution in [0.1, 0.15) is 30.6 Å². The number of benzene rings is 1. The van der Waals surface area contributed by atoms with Crippen molar-refractivity contribution in [2.24, 2.45) is 5.16 Å². The highest BCUT2D eigenvalue weighted by molar-refractivity contribution is 6.05. The molecule has 0 saturated carbocycles. The monoisotopic (exact) mass is 327 g/mol. The number of hydrogen-bond donors (Lipinski definition) is 1. The van der Waals surface area contributed by atoms with Crippen molar-refractivity contribution in [1.82, 2.24) is 20.1 Å². The fraction of sp³-hybridized carbons (Fsp3) is 0.412. The number of nitrogens with one attached hydrogen (secondary N) is 1. The quantitative estimate of drug-likeness (QED) is 0.904. The molecule has 1 aromatic heterocycles. The molecule has 0 radical (unpaired) electrons. The summed E-state index contributed by atoms with van der Waals surface area (Å²) in [6, 6.07) is 9.75. The number of oxime groups is 1. The second-order valence-corrected chi connectivity index (χ2v) is 6.09. The van der Waals surface area contributed by atoms with Crippen molar-refractivity contribution in [3.63, 3.8) is 0 Å². The van der Waals surface area contributed by atoms with Crippen LogP contribution in [0.2, 0.25) is 0 Å². The highest BCUT2D eigenvalue weighted by Gasteiger charge is 2.41. The van der Waals surface area contributed by atoms with E-state index in [1.54, 1.807) is 11.6 Å². The first-order valence-electron chi connectivity index (χ1n) is 7.95. The van der Waals surface area contributed by atoms with Crippen molar-refractivity contribution in [3.05, 3.63) is 47.5 Å². The van der Waals surface area contributed by atoms with Gasteiger partial charge in [0, 0.05) is 13.0 Å². The van der Waals surface area contributed by atoms with Gasteiger partial charge in [-0.25, -0.2) is 9.67 Å². The summed E-state index contributed by atoms with van der Waals surface area (Å²) in [6.45, 7) is 6.52. The lowest BCUT2D eigenvalue weighted by Gasteiger charge is -2.20. The fourth-order valence-electron chi connectivity index (χ4n) is 2.68. The first-order valence-corrected chi connectivity index (χ1v) is 7.95. The molecular formula is C17H21N5O2. The molecule has 1 aromatic carbocycles. The summed E-state index contributed by atoms with van der Waals surface area (Å²) >= 11 is 0. The van der Waals surface area contributed by atoms with Crippen LogP contribution in [0.5, 0.6) is 0 Å². The van der Waals surface area contributed by atoms with Gasteiger partial charge in [-0.15, -0.1) is 0 Å². The summed E-state index contributed by atoms with van der Waals surface area (Å²) in [5, 5.41) is 11.3. The van der Waals surface area contributed by atoms with E-state index in [0.29, 0.717) is 19.5 Å². The Balaban J connectivity index is 1.55. The molecule has 2 heterocycles. The third kappa shape index (κ3) is 3.29. The number of aromatic nitrogens is 3. The van der Waals surface area contributed by atoms with Crippen molar-refractivity contribution in [3.8, 4) is 0 Å². The molecule has 0 aliphatic carbocycles. The second kappa shape index (κ2) is 6.43. The molecule has 1 aliphatic heterocycles. The minimum absolute atomic E-state index is 0.174. The maximum absolute atomic E-state index is 12.5. The maximum Gasteiger partial charge on any atom is 0.267 e. The Morgan fingerprint density at radius 1 is 1.33 bits per heavy atom. The molecule has 24 heavy (non-hydrogen) atoms. The summed E-state index contributed by atoms with van der Waals surface area (Å²) in [4.78, 5) is 22.2. The highest BCUT2D eigenvalue weighted by Crippen LogP contribution is 2.26. The van der Waals surface area contributed by atoms with Crippen molar-refractivity contribution in [2.75, 3.05) is 6.54 Å². The summed E-state index contributed by atoms with van der Waals surface area (Å²) in [6.07, 6.45) is 0.449. The van der Waals surface area contributed by atoms with Crippen molar-refractivity contribution < 1.29 is 9.63 Å². The lowest BCUT2D eigenvalue weighted by Crippen LogP contribution is -2.45. The lowest BCUT2D eigenvalue weighted by atomic mass is 9.95. The topological polar surface area (TPSA) is 81.4 Å². The molecule has 1 amide bonds. The molecule has 1 atom stereocenters. The van der Waals surface area contributed by atoms with E-state index in [4.69, 9.17) is 4.84 Å². The van der Waals surface area contributed by atoms with Gasteiger partial charge in [0.1, 0.15) is 11.6 Å². The molecule has 1 aliphatic rings. The van der Waals surface area contributed by atoms with E-state index < -0.39 is 5.60 Å². The zero-order valence-corrected chi connectivity index (χ0v) is 14.1. The van der Waals surface area contributed by atoms with E-state index in [1.165, 1.54) is 0 Å². The Morgan fingerprint density at radius 2 is 2.08 bits per heavy atom. The molecule has 0 spiro atoms. The molecule has 7 nitrogen and oxygen atoms in total. The predicted octanol–water partition coefficient (Wildman–Crippen LogP) is 1.59. The second-order valence-electron chi connectivity index (χ2n) is 6.09. The first kappa shape index (κ1) is 16.2. The summed E-state index contributed by atoms with van der Waals surface area (Å²) in [7, 11) is 0. The van der Waals surface area contributed by atoms with Crippen LogP contribution in [0.25, 0.3) is 0 Å². The minimum atomic E-state index is -0.974. The Hall–Kier alpha value is -2.70. The van der Waals surface area contributed by atoms with Gasteiger partial charge in [-0.2, -0.15) is 5.10 Å². The van der Waals surface area contributed by atoms with Gasteiger partial charge in [0.25, 0.3) is 5.91 Å². The third-order valence-corrected chi connectivity index (χ3v) is 4.02. The standard InChI is InChI=1S/C17H21N5O2/c1-12-19-13(2)22(20-12)10-9-18-16(23)17(3)11-15(21-24-17)14-7-5-4-6-8-14/h4-8H,9-11H2,1-3H3,(H,18,23)/t17-/m1/s1. The fourth-order valence-corrected chi connectivity index (χ4v) is 2.68. The van der Waals surface area contributed by atoms with E-state index >= 15 is 0 Å². The molecule has 126 valence electrons. The zero-order valence-electron chi connectivity index (χ0n) is 14.1. The molecule has 1 N–H and O–H groups in total. The van der Waals surface area contributed by atoms with Crippen LogP contribution in [-0.4, -0.2) is 38.5 Å². The van der Waals surface area contributed by atoms with Crippen LogP contribution in [0, 0.1) is 13.8 Å². The molecule has 3 rings (SSSR count). The van der Waals surface area contributed by atoms with Crippen LogP contribution >= 0.6 is 0 Å². The van der Waals surface area contributed by atoms with E-state index in [1.807, 2.05) is 44.2 Å². The maximum atomic E-state index is 12.5. The molecule has 7 heteroatoms. The number of carbonyl (C=O) groups excluding carboxylic acids is 1. The van der Waals surface area contributed by atoms with Crippen molar-refractivity contribution >= 4 is 11.6 Å². The van der Waals surface area contributed by atoms with Gasteiger partial charge in [0.2, 0.25) is 5.60 Å². The summed E-state index contributed by atoms with van der Waals surface area (Å²) < 4.78 is 1.78. The largest absolute Gasteiger partial charge is 0.379 e. The van der Waals surface area contributed by atoms with Crippen LogP contribution in [0.4, 0.5) is 0 Å². The molecule has 0 bridgehead atoms. The molecule has 0 unspecified atom stereocenters. The lowest BCUT2D eigenvalue weighted by molar-refractivity contribution is -0.141. The summed E-state index contributed by atoms with van der Waals surface area (Å²) in [5.41, 5.74) is 0.789. The van der Waals surface area contributed by atoms with E-state index in [-0.39, 0.29) is 5.91 Å². The van der Waals surface area contributed by atoms with Gasteiger partial charge in [0.05, 0.1) is 12.3 Å². The number of nitrogens with zero attached hydrogens (tertiary/aromatic N) is 4. The van der Waals surface area contributed by atoms with E-state index in [2.05, 4.69) is 20.6 Å².